The third-order valence-corrected chi connectivity index (χ3v) is 3.26. The predicted octanol–water partition coefficient (Wildman–Crippen LogP) is 2.57. The van der Waals surface area contributed by atoms with Gasteiger partial charge in [-0.15, -0.1) is 0 Å². The first kappa shape index (κ1) is 18.1. The van der Waals surface area contributed by atoms with Crippen molar-refractivity contribution in [2.45, 2.75) is 6.92 Å². The molecule has 0 atom stereocenters. The molecule has 0 spiro atoms. The first-order valence-corrected chi connectivity index (χ1v) is 7.72. The summed E-state index contributed by atoms with van der Waals surface area (Å²) >= 11 is 0. The highest BCUT2D eigenvalue weighted by atomic mass is 16.5. The van der Waals surface area contributed by atoms with Gasteiger partial charge in [0.25, 0.3) is 11.8 Å². The van der Waals surface area contributed by atoms with Gasteiger partial charge in [-0.3, -0.25) is 20.4 Å². The van der Waals surface area contributed by atoms with Crippen molar-refractivity contribution in [3.8, 4) is 11.5 Å². The lowest BCUT2D eigenvalue weighted by Gasteiger charge is -2.12. The quantitative estimate of drug-likeness (QED) is 0.793. The molecule has 2 aromatic carbocycles. The van der Waals surface area contributed by atoms with E-state index in [-0.39, 0.29) is 6.61 Å². The molecule has 0 aliphatic carbocycles. The van der Waals surface area contributed by atoms with Gasteiger partial charge in [0.1, 0.15) is 0 Å². The Morgan fingerprint density at radius 3 is 2.48 bits per heavy atom. The van der Waals surface area contributed by atoms with E-state index in [0.717, 1.165) is 5.56 Å². The average Bonchev–Trinajstić information content (AvgIpc) is 2.65. The molecule has 0 aliphatic heterocycles. The number of benzene rings is 2. The lowest BCUT2D eigenvalue weighted by atomic mass is 10.2. The largest absolute Gasteiger partial charge is 0.493 e. The molecule has 0 saturated carbocycles. The number of carbonyl (C=O) groups is 2. The molecule has 0 saturated heterocycles. The van der Waals surface area contributed by atoms with E-state index in [1.807, 2.05) is 31.2 Å². The van der Waals surface area contributed by atoms with Crippen LogP contribution in [0.5, 0.6) is 11.5 Å². The predicted molar refractivity (Wildman–Crippen MR) is 95.2 cm³/mol. The summed E-state index contributed by atoms with van der Waals surface area (Å²) in [7, 11) is 1.53. The fourth-order valence-electron chi connectivity index (χ4n) is 2.07. The van der Waals surface area contributed by atoms with Crippen LogP contribution in [0.25, 0.3) is 6.08 Å². The smallest absolute Gasteiger partial charge is 0.276 e. The number of allylic oxidation sites excluding steroid dienone is 1. The molecule has 6 nitrogen and oxygen atoms in total. The van der Waals surface area contributed by atoms with Crippen LogP contribution in [-0.4, -0.2) is 25.5 Å². The summed E-state index contributed by atoms with van der Waals surface area (Å²) in [4.78, 5) is 23.6. The van der Waals surface area contributed by atoms with E-state index in [4.69, 9.17) is 9.47 Å². The zero-order valence-corrected chi connectivity index (χ0v) is 14.1. The first-order valence-electron chi connectivity index (χ1n) is 7.72. The Balaban J connectivity index is 1.86. The van der Waals surface area contributed by atoms with Crippen molar-refractivity contribution < 1.29 is 19.1 Å². The molecule has 0 aliphatic rings. The molecule has 25 heavy (non-hydrogen) atoms. The molecular formula is C19H20N2O4. The van der Waals surface area contributed by atoms with Crippen LogP contribution in [0.1, 0.15) is 22.8 Å². The van der Waals surface area contributed by atoms with Gasteiger partial charge >= 0.3 is 0 Å². The lowest BCUT2D eigenvalue weighted by molar-refractivity contribution is -0.123. The summed E-state index contributed by atoms with van der Waals surface area (Å²) in [5.41, 5.74) is 6.05. The number of hydrazine groups is 1. The molecule has 6 heteroatoms. The Morgan fingerprint density at radius 2 is 1.80 bits per heavy atom. The molecule has 130 valence electrons. The van der Waals surface area contributed by atoms with Crippen LogP contribution >= 0.6 is 0 Å². The molecule has 2 aromatic rings. The maximum atomic E-state index is 11.8. The maximum absolute atomic E-state index is 11.8. The van der Waals surface area contributed by atoms with Crippen molar-refractivity contribution in [1.29, 1.82) is 0 Å². The number of rotatable bonds is 6. The monoisotopic (exact) mass is 340 g/mol. The van der Waals surface area contributed by atoms with Gasteiger partial charge in [-0.05, 0) is 36.8 Å². The fourth-order valence-corrected chi connectivity index (χ4v) is 2.07. The second-order valence-corrected chi connectivity index (χ2v) is 5.07. The number of nitrogens with one attached hydrogen (secondary N) is 2. The summed E-state index contributed by atoms with van der Waals surface area (Å²) in [6.45, 7) is 1.67. The average molecular weight is 340 g/mol. The fraction of sp³-hybridized carbons (Fsp3) is 0.158. The zero-order chi connectivity index (χ0) is 18.1. The normalized spacial score (nSPS) is 10.3. The summed E-state index contributed by atoms with van der Waals surface area (Å²) in [5, 5.41) is 0. The Bertz CT molecular complexity index is 757. The topological polar surface area (TPSA) is 76.7 Å². The van der Waals surface area contributed by atoms with Crippen LogP contribution in [0.2, 0.25) is 0 Å². The minimum atomic E-state index is -0.483. The van der Waals surface area contributed by atoms with Crippen LogP contribution in [0.4, 0.5) is 0 Å². The molecule has 0 heterocycles. The molecule has 2 amide bonds. The van der Waals surface area contributed by atoms with Crippen molar-refractivity contribution in [1.82, 2.24) is 10.9 Å². The summed E-state index contributed by atoms with van der Waals surface area (Å²) in [6.07, 6.45) is 3.84. The highest BCUT2D eigenvalue weighted by Crippen LogP contribution is 2.28. The van der Waals surface area contributed by atoms with Crippen molar-refractivity contribution in [3.05, 3.63) is 65.7 Å². The van der Waals surface area contributed by atoms with Gasteiger partial charge in [0, 0.05) is 5.56 Å². The third kappa shape index (κ3) is 5.39. The van der Waals surface area contributed by atoms with Gasteiger partial charge in [0.2, 0.25) is 0 Å². The number of ether oxygens (including phenoxy) is 2. The van der Waals surface area contributed by atoms with Crippen LogP contribution < -0.4 is 20.3 Å². The van der Waals surface area contributed by atoms with E-state index in [2.05, 4.69) is 10.9 Å². The van der Waals surface area contributed by atoms with Crippen molar-refractivity contribution in [2.24, 2.45) is 0 Å². The Kier molecular flexibility index (Phi) is 6.59. The zero-order valence-electron chi connectivity index (χ0n) is 14.1. The molecule has 2 rings (SSSR count). The molecular weight excluding hydrogens is 320 g/mol. The highest BCUT2D eigenvalue weighted by molar-refractivity contribution is 5.95. The highest BCUT2D eigenvalue weighted by Gasteiger charge is 2.10. The van der Waals surface area contributed by atoms with Crippen LogP contribution in [-0.2, 0) is 4.79 Å². The van der Waals surface area contributed by atoms with E-state index >= 15 is 0 Å². The summed E-state index contributed by atoms with van der Waals surface area (Å²) in [6, 6.07) is 14.0. The standard InChI is InChI=1S/C19H20N2O4/c1-3-7-14-10-11-16(17(12-14)24-2)25-13-18(22)20-21-19(23)15-8-5-4-6-9-15/h3-12H,13H2,1-2H3,(H,20,22)(H,21,23)/b7-3+. The van der Waals surface area contributed by atoms with Crippen molar-refractivity contribution in [3.63, 3.8) is 0 Å². The van der Waals surface area contributed by atoms with Gasteiger partial charge < -0.3 is 9.47 Å². The maximum Gasteiger partial charge on any atom is 0.276 e. The van der Waals surface area contributed by atoms with Gasteiger partial charge in [-0.1, -0.05) is 36.4 Å². The van der Waals surface area contributed by atoms with E-state index < -0.39 is 11.8 Å². The van der Waals surface area contributed by atoms with Gasteiger partial charge in [-0.2, -0.15) is 0 Å². The molecule has 0 bridgehead atoms. The SMILES string of the molecule is C/C=C/c1ccc(OCC(=O)NNC(=O)c2ccccc2)c(OC)c1. The molecule has 2 N–H and O–H groups in total. The Morgan fingerprint density at radius 1 is 1.04 bits per heavy atom. The molecule has 0 radical (unpaired) electrons. The molecule has 0 aromatic heterocycles. The van der Waals surface area contributed by atoms with E-state index in [1.165, 1.54) is 7.11 Å². The first-order chi connectivity index (χ1) is 12.1. The number of carbonyl (C=O) groups excluding carboxylic acids is 2. The van der Waals surface area contributed by atoms with Crippen LogP contribution in [0, 0.1) is 0 Å². The van der Waals surface area contributed by atoms with E-state index in [1.54, 1.807) is 36.4 Å². The number of amides is 2. The van der Waals surface area contributed by atoms with Crippen molar-refractivity contribution >= 4 is 17.9 Å². The number of hydrogen-bond acceptors (Lipinski definition) is 4. The summed E-state index contributed by atoms with van der Waals surface area (Å²) < 4.78 is 10.7. The number of hydrogen-bond donors (Lipinski definition) is 2. The van der Waals surface area contributed by atoms with Gasteiger partial charge in [0.15, 0.2) is 18.1 Å². The second-order valence-electron chi connectivity index (χ2n) is 5.07. The molecule has 0 unspecified atom stereocenters. The van der Waals surface area contributed by atoms with Gasteiger partial charge in [0.05, 0.1) is 7.11 Å². The second kappa shape index (κ2) is 9.12. The third-order valence-electron chi connectivity index (χ3n) is 3.26. The van der Waals surface area contributed by atoms with E-state index in [0.29, 0.717) is 17.1 Å². The lowest BCUT2D eigenvalue weighted by Crippen LogP contribution is -2.43. The molecule has 0 fully saturated rings. The Hall–Kier alpha value is -3.28. The summed E-state index contributed by atoms with van der Waals surface area (Å²) in [5.74, 6) is 0.0862. The van der Waals surface area contributed by atoms with Gasteiger partial charge in [-0.25, -0.2) is 0 Å². The van der Waals surface area contributed by atoms with E-state index in [9.17, 15) is 9.59 Å². The minimum absolute atomic E-state index is 0.256. The minimum Gasteiger partial charge on any atom is -0.493 e. The van der Waals surface area contributed by atoms with Crippen LogP contribution in [0.3, 0.4) is 0 Å². The Labute approximate surface area is 146 Å². The number of methoxy groups -OCH3 is 1. The van der Waals surface area contributed by atoms with Crippen LogP contribution in [0.15, 0.2) is 54.6 Å². The van der Waals surface area contributed by atoms with Crippen molar-refractivity contribution in [2.75, 3.05) is 13.7 Å².